The molecule has 0 aromatic heterocycles. The highest BCUT2D eigenvalue weighted by Crippen LogP contribution is 2.27. The second-order valence-corrected chi connectivity index (χ2v) is 9.17. The summed E-state index contributed by atoms with van der Waals surface area (Å²) in [5.74, 6) is 0.399. The predicted octanol–water partition coefficient (Wildman–Crippen LogP) is 3.83. The van der Waals surface area contributed by atoms with E-state index in [1.54, 1.807) is 18.2 Å². The number of β-amino-alcohol motifs (C(OH)–C–C–N with tert-alkyl or cyclic N) is 1. The number of benzene rings is 2. The summed E-state index contributed by atoms with van der Waals surface area (Å²) in [6.45, 7) is 5.21. The normalized spacial score (nSPS) is 15.0. The van der Waals surface area contributed by atoms with Crippen LogP contribution in [0.1, 0.15) is 32.3 Å². The molecule has 7 nitrogen and oxygen atoms in total. The third kappa shape index (κ3) is 7.38. The highest BCUT2D eigenvalue weighted by atomic mass is 35.5. The molecule has 1 heterocycles. The molecule has 2 aromatic rings. The molecule has 32 heavy (non-hydrogen) atoms. The average molecular weight is 479 g/mol. The molecule has 1 atom stereocenters. The standard InChI is InChI=1S/C23H28Cl2N4O3/c1-23(2,27-12-18(30)13-32-21-11-16(24)5-8-19(21)25)14-26-17-6-3-15(4-7-17)20-9-10-22(31)29-28-20/h3-8,11,18,26-27,30H,9-10,12-14H2,1-2H3,(H,29,31). The van der Waals surface area contributed by atoms with Gasteiger partial charge in [-0.3, -0.25) is 4.79 Å². The molecule has 1 aliphatic rings. The van der Waals surface area contributed by atoms with Gasteiger partial charge in [0.2, 0.25) is 5.91 Å². The van der Waals surface area contributed by atoms with E-state index in [1.807, 2.05) is 24.3 Å². The maximum Gasteiger partial charge on any atom is 0.240 e. The number of hydrogen-bond acceptors (Lipinski definition) is 6. The molecule has 1 aliphatic heterocycles. The Morgan fingerprint density at radius 2 is 1.94 bits per heavy atom. The third-order valence-corrected chi connectivity index (χ3v) is 5.55. The number of rotatable bonds is 10. The van der Waals surface area contributed by atoms with Gasteiger partial charge in [-0.2, -0.15) is 5.10 Å². The summed E-state index contributed by atoms with van der Waals surface area (Å²) in [7, 11) is 0. The fraction of sp³-hybridized carbons (Fsp3) is 0.391. The van der Waals surface area contributed by atoms with E-state index in [4.69, 9.17) is 27.9 Å². The van der Waals surface area contributed by atoms with Gasteiger partial charge in [-0.25, -0.2) is 5.43 Å². The highest BCUT2D eigenvalue weighted by molar-refractivity contribution is 6.34. The fourth-order valence-electron chi connectivity index (χ4n) is 3.08. The second-order valence-electron chi connectivity index (χ2n) is 8.33. The number of aliphatic hydroxyl groups excluding tert-OH is 1. The lowest BCUT2D eigenvalue weighted by Crippen LogP contribution is -2.49. The number of amides is 1. The smallest absolute Gasteiger partial charge is 0.240 e. The van der Waals surface area contributed by atoms with Crippen LogP contribution in [-0.2, 0) is 4.79 Å². The molecular formula is C23H28Cl2N4O3. The first kappa shape index (κ1) is 24.3. The number of hydrogen-bond donors (Lipinski definition) is 4. The predicted molar refractivity (Wildman–Crippen MR) is 129 cm³/mol. The number of carbonyl (C=O) groups excluding carboxylic acids is 1. The first-order chi connectivity index (χ1) is 15.2. The van der Waals surface area contributed by atoms with Gasteiger partial charge in [0, 0.05) is 48.2 Å². The minimum atomic E-state index is -0.708. The van der Waals surface area contributed by atoms with Crippen molar-refractivity contribution >= 4 is 40.5 Å². The molecule has 1 amide bonds. The second kappa shape index (κ2) is 11.0. The van der Waals surface area contributed by atoms with Crippen molar-refractivity contribution in [3.8, 4) is 5.75 Å². The Labute approximate surface area is 198 Å². The third-order valence-electron chi connectivity index (χ3n) is 5.00. The molecule has 4 N–H and O–H groups in total. The number of nitrogens with one attached hydrogen (secondary N) is 3. The SMILES string of the molecule is CC(C)(CNc1ccc(C2=NNC(=O)CC2)cc1)NCC(O)COc1cc(Cl)ccc1Cl. The van der Waals surface area contributed by atoms with E-state index in [1.165, 1.54) is 0 Å². The Kier molecular flexibility index (Phi) is 8.37. The Bertz CT molecular complexity index is 964. The van der Waals surface area contributed by atoms with Crippen LogP contribution in [0.5, 0.6) is 5.75 Å². The van der Waals surface area contributed by atoms with E-state index in [2.05, 4.69) is 35.0 Å². The molecule has 0 radical (unpaired) electrons. The van der Waals surface area contributed by atoms with Crippen LogP contribution < -0.4 is 20.8 Å². The number of halogens is 2. The maximum atomic E-state index is 11.2. The molecule has 172 valence electrons. The lowest BCUT2D eigenvalue weighted by molar-refractivity contribution is -0.121. The molecule has 0 aliphatic carbocycles. The molecule has 0 spiro atoms. The van der Waals surface area contributed by atoms with Crippen molar-refractivity contribution in [1.82, 2.24) is 10.7 Å². The quantitative estimate of drug-likeness (QED) is 0.416. The Morgan fingerprint density at radius 3 is 2.62 bits per heavy atom. The number of carbonyl (C=O) groups is 1. The van der Waals surface area contributed by atoms with Crippen LogP contribution in [-0.4, -0.2) is 48.1 Å². The van der Waals surface area contributed by atoms with E-state index in [9.17, 15) is 9.90 Å². The summed E-state index contributed by atoms with van der Waals surface area (Å²) in [6.07, 6.45) is 0.396. The van der Waals surface area contributed by atoms with Gasteiger partial charge in [0.1, 0.15) is 18.5 Å². The van der Waals surface area contributed by atoms with Crippen molar-refractivity contribution < 1.29 is 14.6 Å². The van der Waals surface area contributed by atoms with Crippen LogP contribution in [0, 0.1) is 0 Å². The molecule has 0 bridgehead atoms. The minimum absolute atomic E-state index is 0.0493. The van der Waals surface area contributed by atoms with Gasteiger partial charge in [-0.05, 0) is 43.7 Å². The number of aliphatic hydroxyl groups is 1. The fourth-order valence-corrected chi connectivity index (χ4v) is 3.41. The maximum absolute atomic E-state index is 11.2. The zero-order valence-corrected chi connectivity index (χ0v) is 19.6. The van der Waals surface area contributed by atoms with E-state index in [0.29, 0.717) is 41.7 Å². The molecule has 3 rings (SSSR count). The first-order valence-electron chi connectivity index (χ1n) is 10.4. The summed E-state index contributed by atoms with van der Waals surface area (Å²) < 4.78 is 5.59. The van der Waals surface area contributed by atoms with Gasteiger partial charge in [0.25, 0.3) is 0 Å². The Hall–Kier alpha value is -2.32. The first-order valence-corrected chi connectivity index (χ1v) is 11.2. The van der Waals surface area contributed by atoms with Crippen LogP contribution in [0.2, 0.25) is 10.0 Å². The summed E-state index contributed by atoms with van der Waals surface area (Å²) in [5.41, 5.74) is 5.10. The van der Waals surface area contributed by atoms with Crippen molar-refractivity contribution in [3.05, 3.63) is 58.1 Å². The van der Waals surface area contributed by atoms with Gasteiger partial charge >= 0.3 is 0 Å². The van der Waals surface area contributed by atoms with Crippen LogP contribution >= 0.6 is 23.2 Å². The summed E-state index contributed by atoms with van der Waals surface area (Å²) >= 11 is 12.0. The lowest BCUT2D eigenvalue weighted by Gasteiger charge is -2.28. The van der Waals surface area contributed by atoms with Crippen LogP contribution in [0.3, 0.4) is 0 Å². The summed E-state index contributed by atoms with van der Waals surface area (Å²) in [6, 6.07) is 12.9. The van der Waals surface area contributed by atoms with E-state index >= 15 is 0 Å². The molecule has 0 saturated heterocycles. The van der Waals surface area contributed by atoms with Gasteiger partial charge < -0.3 is 20.5 Å². The van der Waals surface area contributed by atoms with Gasteiger partial charge in [-0.1, -0.05) is 35.3 Å². The molecular weight excluding hydrogens is 451 g/mol. The molecule has 9 heteroatoms. The highest BCUT2D eigenvalue weighted by Gasteiger charge is 2.19. The van der Waals surface area contributed by atoms with Crippen molar-refractivity contribution in [2.45, 2.75) is 38.3 Å². The van der Waals surface area contributed by atoms with Gasteiger partial charge in [-0.15, -0.1) is 0 Å². The van der Waals surface area contributed by atoms with Gasteiger partial charge in [0.15, 0.2) is 0 Å². The molecule has 2 aromatic carbocycles. The Morgan fingerprint density at radius 1 is 1.19 bits per heavy atom. The average Bonchev–Trinajstić information content (AvgIpc) is 2.78. The zero-order chi connectivity index (χ0) is 23.1. The molecule has 0 fully saturated rings. The monoisotopic (exact) mass is 478 g/mol. The number of hydrazone groups is 1. The lowest BCUT2D eigenvalue weighted by atomic mass is 10.0. The minimum Gasteiger partial charge on any atom is -0.489 e. The summed E-state index contributed by atoms with van der Waals surface area (Å²) in [5, 5.41) is 22.1. The van der Waals surface area contributed by atoms with Crippen molar-refractivity contribution in [2.24, 2.45) is 5.10 Å². The molecule has 1 unspecified atom stereocenters. The number of nitrogens with zero attached hydrogens (tertiary/aromatic N) is 1. The number of ether oxygens (including phenoxy) is 1. The van der Waals surface area contributed by atoms with E-state index in [0.717, 1.165) is 17.0 Å². The van der Waals surface area contributed by atoms with Crippen molar-refractivity contribution in [2.75, 3.05) is 25.0 Å². The number of anilines is 1. The zero-order valence-electron chi connectivity index (χ0n) is 18.1. The van der Waals surface area contributed by atoms with E-state index < -0.39 is 6.10 Å². The van der Waals surface area contributed by atoms with Crippen LogP contribution in [0.15, 0.2) is 47.6 Å². The topological polar surface area (TPSA) is 95.0 Å². The molecule has 0 saturated carbocycles. The Balaban J connectivity index is 1.42. The van der Waals surface area contributed by atoms with Gasteiger partial charge in [0.05, 0.1) is 10.7 Å². The van der Waals surface area contributed by atoms with Crippen molar-refractivity contribution in [3.63, 3.8) is 0 Å². The van der Waals surface area contributed by atoms with Crippen molar-refractivity contribution in [1.29, 1.82) is 0 Å². The summed E-state index contributed by atoms with van der Waals surface area (Å²) in [4.78, 5) is 11.2. The van der Waals surface area contributed by atoms with E-state index in [-0.39, 0.29) is 18.1 Å². The van der Waals surface area contributed by atoms with Crippen LogP contribution in [0.25, 0.3) is 0 Å². The van der Waals surface area contributed by atoms with Crippen LogP contribution in [0.4, 0.5) is 5.69 Å². The largest absolute Gasteiger partial charge is 0.489 e.